The summed E-state index contributed by atoms with van der Waals surface area (Å²) in [5, 5.41) is 0. The molecule has 0 saturated heterocycles. The zero-order valence-corrected chi connectivity index (χ0v) is 11.8. The lowest BCUT2D eigenvalue weighted by Gasteiger charge is -2.20. The fraction of sp³-hybridized carbons (Fsp3) is 0.533. The monoisotopic (exact) mass is 250 g/mol. The number of carbonyl (C=O) groups excluding carboxylic acids is 1. The van der Waals surface area contributed by atoms with Crippen LogP contribution in [0.1, 0.15) is 34.8 Å². The largest absolute Gasteiger partial charge is 0.356 e. The topological polar surface area (TPSA) is 35.5 Å². The van der Waals surface area contributed by atoms with Crippen LogP contribution in [0.5, 0.6) is 0 Å². The zero-order chi connectivity index (χ0) is 13.7. The standard InChI is InChI=1S/C15H22O3/c1-10-6-7-13(8-11(10)2)14(16)9-12(3)15(17-4)18-5/h6-8,12,15H,9H2,1-5H3. The van der Waals surface area contributed by atoms with E-state index in [1.807, 2.05) is 39.0 Å². The number of benzene rings is 1. The SMILES string of the molecule is COC(OC)C(C)CC(=O)c1ccc(C)c(C)c1. The van der Waals surface area contributed by atoms with Gasteiger partial charge in [0.15, 0.2) is 12.1 Å². The van der Waals surface area contributed by atoms with E-state index in [2.05, 4.69) is 0 Å². The van der Waals surface area contributed by atoms with Crippen LogP contribution in [0.25, 0.3) is 0 Å². The molecule has 0 radical (unpaired) electrons. The van der Waals surface area contributed by atoms with Crippen LogP contribution in [-0.2, 0) is 9.47 Å². The van der Waals surface area contributed by atoms with Gasteiger partial charge in [-0.25, -0.2) is 0 Å². The highest BCUT2D eigenvalue weighted by Gasteiger charge is 2.20. The first-order valence-corrected chi connectivity index (χ1v) is 6.15. The Kier molecular flexibility index (Phi) is 5.51. The Morgan fingerprint density at radius 3 is 2.28 bits per heavy atom. The first-order valence-electron chi connectivity index (χ1n) is 6.15. The van der Waals surface area contributed by atoms with Crippen LogP contribution in [-0.4, -0.2) is 26.3 Å². The molecular weight excluding hydrogens is 228 g/mol. The lowest BCUT2D eigenvalue weighted by Crippen LogP contribution is -2.24. The number of hydrogen-bond acceptors (Lipinski definition) is 3. The first kappa shape index (κ1) is 14.9. The van der Waals surface area contributed by atoms with Crippen molar-refractivity contribution in [2.24, 2.45) is 5.92 Å². The number of ether oxygens (including phenoxy) is 2. The molecule has 0 N–H and O–H groups in total. The summed E-state index contributed by atoms with van der Waals surface area (Å²) in [5.74, 6) is 0.166. The summed E-state index contributed by atoms with van der Waals surface area (Å²) >= 11 is 0. The predicted molar refractivity (Wildman–Crippen MR) is 71.8 cm³/mol. The van der Waals surface area contributed by atoms with Crippen LogP contribution >= 0.6 is 0 Å². The van der Waals surface area contributed by atoms with E-state index < -0.39 is 0 Å². The van der Waals surface area contributed by atoms with E-state index >= 15 is 0 Å². The quantitative estimate of drug-likeness (QED) is 0.575. The summed E-state index contributed by atoms with van der Waals surface area (Å²) in [5.41, 5.74) is 3.10. The van der Waals surface area contributed by atoms with Crippen molar-refractivity contribution >= 4 is 5.78 Å². The third kappa shape index (κ3) is 3.65. The molecular formula is C15H22O3. The summed E-state index contributed by atoms with van der Waals surface area (Å²) in [6.07, 6.45) is 0.0926. The van der Waals surface area contributed by atoms with E-state index in [9.17, 15) is 4.79 Å². The van der Waals surface area contributed by atoms with Crippen molar-refractivity contribution < 1.29 is 14.3 Å². The minimum atomic E-state index is -0.333. The van der Waals surface area contributed by atoms with Gasteiger partial charge in [-0.2, -0.15) is 0 Å². The Hall–Kier alpha value is -1.19. The molecule has 0 amide bonds. The third-order valence-corrected chi connectivity index (χ3v) is 3.27. The highest BCUT2D eigenvalue weighted by molar-refractivity contribution is 5.96. The first-order chi connectivity index (χ1) is 8.49. The van der Waals surface area contributed by atoms with Gasteiger partial charge in [0.05, 0.1) is 0 Å². The molecule has 0 fully saturated rings. The van der Waals surface area contributed by atoms with Crippen LogP contribution in [0.3, 0.4) is 0 Å². The molecule has 0 heterocycles. The van der Waals surface area contributed by atoms with Gasteiger partial charge in [-0.3, -0.25) is 4.79 Å². The molecule has 100 valence electrons. The number of Topliss-reactive ketones (excluding diaryl/α,β-unsaturated/α-hetero) is 1. The van der Waals surface area contributed by atoms with Gasteiger partial charge < -0.3 is 9.47 Å². The summed E-state index contributed by atoms with van der Waals surface area (Å²) in [6, 6.07) is 5.81. The van der Waals surface area contributed by atoms with Crippen LogP contribution in [0.2, 0.25) is 0 Å². The van der Waals surface area contributed by atoms with E-state index in [-0.39, 0.29) is 18.0 Å². The van der Waals surface area contributed by atoms with Crippen LogP contribution in [0.4, 0.5) is 0 Å². The lowest BCUT2D eigenvalue weighted by molar-refractivity contribution is -0.132. The van der Waals surface area contributed by atoms with Gasteiger partial charge in [0.25, 0.3) is 0 Å². The Labute approximate surface area is 109 Å². The second kappa shape index (κ2) is 6.66. The maximum absolute atomic E-state index is 12.1. The van der Waals surface area contributed by atoms with Gasteiger partial charge in [0.2, 0.25) is 0 Å². The Morgan fingerprint density at radius 1 is 1.17 bits per heavy atom. The van der Waals surface area contributed by atoms with Crippen molar-refractivity contribution in [2.45, 2.75) is 33.5 Å². The maximum Gasteiger partial charge on any atom is 0.163 e. The summed E-state index contributed by atoms with van der Waals surface area (Å²) in [6.45, 7) is 6.01. The molecule has 1 atom stereocenters. The lowest BCUT2D eigenvalue weighted by atomic mass is 9.97. The molecule has 0 bridgehead atoms. The molecule has 0 aromatic heterocycles. The van der Waals surface area contributed by atoms with Gasteiger partial charge in [0, 0.05) is 32.1 Å². The van der Waals surface area contributed by atoms with E-state index in [4.69, 9.17) is 9.47 Å². The molecule has 0 saturated carbocycles. The number of carbonyl (C=O) groups is 1. The smallest absolute Gasteiger partial charge is 0.163 e. The zero-order valence-electron chi connectivity index (χ0n) is 11.8. The van der Waals surface area contributed by atoms with Gasteiger partial charge in [0.1, 0.15) is 0 Å². The number of aryl methyl sites for hydroxylation is 2. The Balaban J connectivity index is 2.73. The van der Waals surface area contributed by atoms with Gasteiger partial charge in [-0.1, -0.05) is 19.1 Å². The van der Waals surface area contributed by atoms with Crippen LogP contribution in [0, 0.1) is 19.8 Å². The van der Waals surface area contributed by atoms with Crippen molar-refractivity contribution in [1.29, 1.82) is 0 Å². The van der Waals surface area contributed by atoms with Crippen molar-refractivity contribution in [3.63, 3.8) is 0 Å². The summed E-state index contributed by atoms with van der Waals surface area (Å²) < 4.78 is 10.3. The van der Waals surface area contributed by atoms with Crippen LogP contribution < -0.4 is 0 Å². The van der Waals surface area contributed by atoms with E-state index in [1.54, 1.807) is 14.2 Å². The minimum absolute atomic E-state index is 0.0362. The van der Waals surface area contributed by atoms with Crippen molar-refractivity contribution in [1.82, 2.24) is 0 Å². The second-order valence-corrected chi connectivity index (χ2v) is 4.74. The maximum atomic E-state index is 12.1. The van der Waals surface area contributed by atoms with E-state index in [0.29, 0.717) is 6.42 Å². The number of hydrogen-bond donors (Lipinski definition) is 0. The average molecular weight is 250 g/mol. The van der Waals surface area contributed by atoms with Gasteiger partial charge in [-0.05, 0) is 31.0 Å². The molecule has 1 aromatic rings. The van der Waals surface area contributed by atoms with Crippen molar-refractivity contribution in [3.8, 4) is 0 Å². The number of methoxy groups -OCH3 is 2. The predicted octanol–water partition coefficient (Wildman–Crippen LogP) is 3.13. The number of ketones is 1. The van der Waals surface area contributed by atoms with Crippen molar-refractivity contribution in [3.05, 3.63) is 34.9 Å². The molecule has 1 rings (SSSR count). The van der Waals surface area contributed by atoms with Crippen molar-refractivity contribution in [2.75, 3.05) is 14.2 Å². The average Bonchev–Trinajstić information content (AvgIpc) is 2.34. The Bertz CT molecular complexity index is 408. The molecule has 3 nitrogen and oxygen atoms in total. The van der Waals surface area contributed by atoms with Gasteiger partial charge in [-0.15, -0.1) is 0 Å². The molecule has 0 aliphatic rings. The highest BCUT2D eigenvalue weighted by atomic mass is 16.7. The molecule has 18 heavy (non-hydrogen) atoms. The van der Waals surface area contributed by atoms with E-state index in [0.717, 1.165) is 11.1 Å². The molecule has 1 aromatic carbocycles. The van der Waals surface area contributed by atoms with Gasteiger partial charge >= 0.3 is 0 Å². The molecule has 3 heteroatoms. The summed E-state index contributed by atoms with van der Waals surface area (Å²) in [4.78, 5) is 12.1. The Morgan fingerprint density at radius 2 is 1.78 bits per heavy atom. The molecule has 1 unspecified atom stereocenters. The second-order valence-electron chi connectivity index (χ2n) is 4.74. The fourth-order valence-corrected chi connectivity index (χ4v) is 1.98. The summed E-state index contributed by atoms with van der Waals surface area (Å²) in [7, 11) is 3.18. The fourth-order valence-electron chi connectivity index (χ4n) is 1.98. The molecule has 0 spiro atoms. The molecule has 0 aliphatic heterocycles. The van der Waals surface area contributed by atoms with Crippen LogP contribution in [0.15, 0.2) is 18.2 Å². The molecule has 0 aliphatic carbocycles. The van der Waals surface area contributed by atoms with E-state index in [1.165, 1.54) is 5.56 Å². The third-order valence-electron chi connectivity index (χ3n) is 3.27. The highest BCUT2D eigenvalue weighted by Crippen LogP contribution is 2.17. The minimum Gasteiger partial charge on any atom is -0.356 e. The number of rotatable bonds is 6. The normalized spacial score (nSPS) is 12.8.